The highest BCUT2D eigenvalue weighted by Crippen LogP contribution is 2.44. The number of rotatable bonds is 7. The van der Waals surface area contributed by atoms with Crippen molar-refractivity contribution >= 4 is 12.3 Å². The maximum absolute atomic E-state index is 11.1. The molecule has 2 aliphatic rings. The van der Waals surface area contributed by atoms with Crippen LogP contribution in [0.1, 0.15) is 38.5 Å². The summed E-state index contributed by atoms with van der Waals surface area (Å²) < 4.78 is 5.76. The third kappa shape index (κ3) is 2.99. The van der Waals surface area contributed by atoms with Gasteiger partial charge in [-0.25, -0.2) is 0 Å². The third-order valence-electron chi connectivity index (χ3n) is 4.00. The second-order valence-corrected chi connectivity index (χ2v) is 5.15. The zero-order valence-electron chi connectivity index (χ0n) is 10.5. The second kappa shape index (κ2) is 6.14. The van der Waals surface area contributed by atoms with Crippen LogP contribution in [0.25, 0.3) is 0 Å². The number of hydrogen-bond acceptors (Lipinski definition) is 3. The van der Waals surface area contributed by atoms with Gasteiger partial charge in [-0.2, -0.15) is 0 Å². The van der Waals surface area contributed by atoms with E-state index in [0.29, 0.717) is 12.3 Å². The van der Waals surface area contributed by atoms with Gasteiger partial charge in [0, 0.05) is 12.3 Å². The smallest absolute Gasteiger partial charge is 0.303 e. The molecule has 1 N–H and O–H groups in total. The van der Waals surface area contributed by atoms with E-state index in [4.69, 9.17) is 9.84 Å². The Morgan fingerprint density at radius 2 is 1.94 bits per heavy atom. The molecule has 0 amide bonds. The zero-order chi connectivity index (χ0) is 13.0. The van der Waals surface area contributed by atoms with Gasteiger partial charge < -0.3 is 14.6 Å². The Balaban J connectivity index is 1.70. The molecule has 0 unspecified atom stereocenters. The summed E-state index contributed by atoms with van der Waals surface area (Å²) >= 11 is 0. The fourth-order valence-corrected chi connectivity index (χ4v) is 3.11. The van der Waals surface area contributed by atoms with Crippen LogP contribution >= 0.6 is 0 Å². The molecule has 4 atom stereocenters. The molecule has 0 aliphatic carbocycles. The molecule has 2 bridgehead atoms. The SMILES string of the molecule is O=C[C@@H]1[C@H](CCC=CCCC(=O)O)[C@@H]2CC[C@H]1O2. The van der Waals surface area contributed by atoms with Crippen LogP contribution in [-0.4, -0.2) is 29.6 Å². The number of carboxylic acids is 1. The van der Waals surface area contributed by atoms with Crippen molar-refractivity contribution in [1.82, 2.24) is 0 Å². The molecule has 0 spiro atoms. The first-order valence-corrected chi connectivity index (χ1v) is 6.70. The standard InChI is InChI=1S/C14H20O4/c15-9-11-10(12-7-8-13(11)18-12)5-3-1-2-4-6-14(16)17/h1-2,9-13H,3-8H2,(H,16,17)/t10-,11+,12-,13+/m0/s1. The maximum Gasteiger partial charge on any atom is 0.303 e. The predicted molar refractivity (Wildman–Crippen MR) is 66.2 cm³/mol. The highest BCUT2D eigenvalue weighted by Gasteiger charge is 2.48. The normalized spacial score (nSPS) is 34.2. The van der Waals surface area contributed by atoms with Crippen molar-refractivity contribution in [3.8, 4) is 0 Å². The molecule has 2 heterocycles. The lowest BCUT2D eigenvalue weighted by atomic mass is 9.78. The molecule has 0 aromatic carbocycles. The maximum atomic E-state index is 11.1. The molecule has 4 heteroatoms. The lowest BCUT2D eigenvalue weighted by Gasteiger charge is -2.23. The van der Waals surface area contributed by atoms with Crippen molar-refractivity contribution in [3.63, 3.8) is 0 Å². The zero-order valence-corrected chi connectivity index (χ0v) is 10.5. The van der Waals surface area contributed by atoms with Crippen molar-refractivity contribution < 1.29 is 19.4 Å². The fourth-order valence-electron chi connectivity index (χ4n) is 3.11. The Morgan fingerprint density at radius 1 is 1.22 bits per heavy atom. The minimum absolute atomic E-state index is 0.0798. The van der Waals surface area contributed by atoms with E-state index in [1.165, 1.54) is 0 Å². The van der Waals surface area contributed by atoms with E-state index in [2.05, 4.69) is 0 Å². The molecule has 18 heavy (non-hydrogen) atoms. The van der Waals surface area contributed by atoms with Gasteiger partial charge in [-0.1, -0.05) is 12.2 Å². The summed E-state index contributed by atoms with van der Waals surface area (Å²) in [6.07, 6.45) is 10.2. The van der Waals surface area contributed by atoms with E-state index in [1.807, 2.05) is 12.2 Å². The van der Waals surface area contributed by atoms with Gasteiger partial charge in [-0.15, -0.1) is 0 Å². The predicted octanol–water partition coefficient (Wildman–Crippen LogP) is 2.18. The highest BCUT2D eigenvalue weighted by molar-refractivity contribution is 5.66. The number of carbonyl (C=O) groups excluding carboxylic acids is 1. The lowest BCUT2D eigenvalue weighted by molar-refractivity contribution is -0.136. The van der Waals surface area contributed by atoms with Gasteiger partial charge in [0.2, 0.25) is 0 Å². The minimum atomic E-state index is -0.762. The summed E-state index contributed by atoms with van der Waals surface area (Å²) in [7, 11) is 0. The fraction of sp³-hybridized carbons (Fsp3) is 0.714. The van der Waals surface area contributed by atoms with E-state index in [0.717, 1.165) is 32.0 Å². The molecular formula is C14H20O4. The Bertz CT molecular complexity index is 337. The molecule has 2 rings (SSSR count). The number of aldehydes is 1. The molecule has 4 nitrogen and oxygen atoms in total. The van der Waals surface area contributed by atoms with Crippen LogP contribution in [0.5, 0.6) is 0 Å². The van der Waals surface area contributed by atoms with Crippen molar-refractivity contribution in [2.45, 2.75) is 50.7 Å². The van der Waals surface area contributed by atoms with E-state index in [-0.39, 0.29) is 24.5 Å². The van der Waals surface area contributed by atoms with Crippen LogP contribution < -0.4 is 0 Å². The van der Waals surface area contributed by atoms with E-state index < -0.39 is 5.97 Å². The molecule has 100 valence electrons. The van der Waals surface area contributed by atoms with E-state index >= 15 is 0 Å². The van der Waals surface area contributed by atoms with Crippen LogP contribution in [0.3, 0.4) is 0 Å². The van der Waals surface area contributed by atoms with Gasteiger partial charge in [-0.3, -0.25) is 4.79 Å². The molecule has 0 radical (unpaired) electrons. The third-order valence-corrected chi connectivity index (χ3v) is 4.00. The topological polar surface area (TPSA) is 63.6 Å². The largest absolute Gasteiger partial charge is 0.481 e. The summed E-state index contributed by atoms with van der Waals surface area (Å²) in [5, 5.41) is 8.49. The molecule has 0 aromatic heterocycles. The number of fused-ring (bicyclic) bond motifs is 2. The van der Waals surface area contributed by atoms with Crippen molar-refractivity contribution in [2.24, 2.45) is 11.8 Å². The van der Waals surface area contributed by atoms with E-state index in [9.17, 15) is 9.59 Å². The van der Waals surface area contributed by atoms with Crippen LogP contribution in [0.15, 0.2) is 12.2 Å². The van der Waals surface area contributed by atoms with Gasteiger partial charge in [0.1, 0.15) is 6.29 Å². The number of allylic oxidation sites excluding steroid dienone is 2. The monoisotopic (exact) mass is 252 g/mol. The van der Waals surface area contributed by atoms with Gasteiger partial charge in [-0.05, 0) is 38.0 Å². The first-order valence-electron chi connectivity index (χ1n) is 6.70. The van der Waals surface area contributed by atoms with Crippen LogP contribution in [-0.2, 0) is 14.3 Å². The number of ether oxygens (including phenoxy) is 1. The molecule has 0 saturated carbocycles. The van der Waals surface area contributed by atoms with Crippen LogP contribution in [0.4, 0.5) is 0 Å². The quantitative estimate of drug-likeness (QED) is 0.557. The highest BCUT2D eigenvalue weighted by atomic mass is 16.5. The first kappa shape index (κ1) is 13.3. The summed E-state index contributed by atoms with van der Waals surface area (Å²) in [6, 6.07) is 0. The first-order chi connectivity index (χ1) is 8.72. The van der Waals surface area contributed by atoms with Crippen molar-refractivity contribution in [2.75, 3.05) is 0 Å². The average molecular weight is 252 g/mol. The number of hydrogen-bond donors (Lipinski definition) is 1. The Hall–Kier alpha value is -1.16. The second-order valence-electron chi connectivity index (χ2n) is 5.15. The lowest BCUT2D eigenvalue weighted by Crippen LogP contribution is -2.28. The summed E-state index contributed by atoms with van der Waals surface area (Å²) in [4.78, 5) is 21.4. The minimum Gasteiger partial charge on any atom is -0.481 e. The molecule has 2 aliphatic heterocycles. The van der Waals surface area contributed by atoms with Gasteiger partial charge in [0.25, 0.3) is 0 Å². The van der Waals surface area contributed by atoms with Crippen LogP contribution in [0.2, 0.25) is 0 Å². The number of carbonyl (C=O) groups is 2. The van der Waals surface area contributed by atoms with E-state index in [1.54, 1.807) is 0 Å². The summed E-state index contributed by atoms with van der Waals surface area (Å²) in [5.74, 6) is -0.316. The Labute approximate surface area is 107 Å². The molecule has 2 fully saturated rings. The number of aliphatic carboxylic acids is 1. The number of carboxylic acid groups (broad SMARTS) is 1. The average Bonchev–Trinajstić information content (AvgIpc) is 2.93. The van der Waals surface area contributed by atoms with Gasteiger partial charge in [0.05, 0.1) is 12.2 Å². The molecule has 0 aromatic rings. The van der Waals surface area contributed by atoms with Gasteiger partial charge in [0.15, 0.2) is 0 Å². The Morgan fingerprint density at radius 3 is 2.67 bits per heavy atom. The Kier molecular flexibility index (Phi) is 4.53. The van der Waals surface area contributed by atoms with Crippen molar-refractivity contribution in [3.05, 3.63) is 12.2 Å². The molecule has 2 saturated heterocycles. The van der Waals surface area contributed by atoms with Gasteiger partial charge >= 0.3 is 5.97 Å². The van der Waals surface area contributed by atoms with Crippen LogP contribution in [0, 0.1) is 11.8 Å². The van der Waals surface area contributed by atoms with Crippen molar-refractivity contribution in [1.29, 1.82) is 0 Å². The molecular weight excluding hydrogens is 232 g/mol. The summed E-state index contributed by atoms with van der Waals surface area (Å²) in [6.45, 7) is 0. The summed E-state index contributed by atoms with van der Waals surface area (Å²) in [5.41, 5.74) is 0.